The van der Waals surface area contributed by atoms with Gasteiger partial charge in [0.2, 0.25) is 11.9 Å². The van der Waals surface area contributed by atoms with E-state index in [0.29, 0.717) is 6.54 Å². The second-order valence-electron chi connectivity index (χ2n) is 3.28. The van der Waals surface area contributed by atoms with Crippen LogP contribution >= 0.6 is 0 Å². The van der Waals surface area contributed by atoms with Crippen LogP contribution in [0.3, 0.4) is 0 Å². The van der Waals surface area contributed by atoms with Crippen molar-refractivity contribution in [1.82, 2.24) is 19.5 Å². The Balaban J connectivity index is 2.48. The van der Waals surface area contributed by atoms with Gasteiger partial charge in [0.1, 0.15) is 0 Å². The van der Waals surface area contributed by atoms with Crippen molar-refractivity contribution in [2.75, 3.05) is 5.73 Å². The number of aromatic nitrogens is 4. The van der Waals surface area contributed by atoms with Gasteiger partial charge in [0, 0.05) is 13.0 Å². The average molecular weight is 222 g/mol. The summed E-state index contributed by atoms with van der Waals surface area (Å²) >= 11 is 0. The number of hydrogen-bond acceptors (Lipinski definition) is 5. The number of aromatic amines is 1. The molecule has 0 aliphatic carbocycles. The lowest BCUT2D eigenvalue weighted by Gasteiger charge is -2.00. The number of anilines is 1. The molecular weight excluding hydrogens is 212 g/mol. The number of nitrogens with two attached hydrogens (primary N) is 2. The van der Waals surface area contributed by atoms with E-state index in [0.717, 1.165) is 0 Å². The second kappa shape index (κ2) is 3.65. The number of imidazole rings is 1. The summed E-state index contributed by atoms with van der Waals surface area (Å²) < 4.78 is 1.52. The highest BCUT2D eigenvalue weighted by Crippen LogP contribution is 2.06. The number of nitrogens with one attached hydrogen (secondary N) is 1. The Bertz CT molecular complexity index is 598. The Hall–Kier alpha value is -2.38. The van der Waals surface area contributed by atoms with Crippen molar-refractivity contribution < 1.29 is 4.79 Å². The van der Waals surface area contributed by atoms with Crippen LogP contribution in [0.25, 0.3) is 11.2 Å². The molecule has 0 unspecified atom stereocenters. The number of fused-ring (bicyclic) bond motifs is 1. The zero-order chi connectivity index (χ0) is 11.7. The van der Waals surface area contributed by atoms with Gasteiger partial charge in [-0.15, -0.1) is 0 Å². The van der Waals surface area contributed by atoms with Crippen LogP contribution in [0, 0.1) is 0 Å². The number of amides is 1. The molecule has 0 radical (unpaired) electrons. The summed E-state index contributed by atoms with van der Waals surface area (Å²) in [6.07, 6.45) is 1.56. The number of hydrogen-bond donors (Lipinski definition) is 3. The number of nitrogen functional groups attached to an aromatic ring is 1. The van der Waals surface area contributed by atoms with Gasteiger partial charge in [0.05, 0.1) is 6.33 Å². The number of carbonyl (C=O) groups excluding carboxylic acids is 1. The molecule has 8 nitrogen and oxygen atoms in total. The third-order valence-corrected chi connectivity index (χ3v) is 2.10. The molecule has 0 spiro atoms. The molecule has 84 valence electrons. The first-order valence-corrected chi connectivity index (χ1v) is 4.57. The standard InChI is InChI=1S/C8H10N6O2/c9-4(15)1-2-14-3-11-6-5(14)7(16)13-8(10)12-6/h3H,1-2H2,(H2,9,15)(H3,10,12,13,16). The molecule has 2 heterocycles. The van der Waals surface area contributed by atoms with Gasteiger partial charge in [0.15, 0.2) is 11.2 Å². The molecule has 2 aromatic rings. The van der Waals surface area contributed by atoms with Gasteiger partial charge in [-0.1, -0.05) is 0 Å². The smallest absolute Gasteiger partial charge is 0.278 e. The van der Waals surface area contributed by atoms with E-state index in [2.05, 4.69) is 15.0 Å². The van der Waals surface area contributed by atoms with Gasteiger partial charge in [-0.2, -0.15) is 4.98 Å². The van der Waals surface area contributed by atoms with Crippen LogP contribution in [0.2, 0.25) is 0 Å². The maximum absolute atomic E-state index is 11.6. The normalized spacial score (nSPS) is 10.8. The maximum Gasteiger partial charge on any atom is 0.278 e. The number of rotatable bonds is 3. The van der Waals surface area contributed by atoms with Crippen molar-refractivity contribution in [1.29, 1.82) is 0 Å². The lowest BCUT2D eigenvalue weighted by molar-refractivity contribution is -0.118. The molecule has 0 aliphatic rings. The summed E-state index contributed by atoms with van der Waals surface area (Å²) in [5.41, 5.74) is 10.5. The van der Waals surface area contributed by atoms with E-state index < -0.39 is 5.91 Å². The van der Waals surface area contributed by atoms with Gasteiger partial charge < -0.3 is 16.0 Å². The average Bonchev–Trinajstić information content (AvgIpc) is 2.57. The molecule has 0 bridgehead atoms. The van der Waals surface area contributed by atoms with Gasteiger partial charge in [-0.25, -0.2) is 4.98 Å². The maximum atomic E-state index is 11.6. The SMILES string of the molecule is NC(=O)CCn1cnc2nc(N)[nH]c(=O)c21. The fourth-order valence-corrected chi connectivity index (χ4v) is 1.40. The highest BCUT2D eigenvalue weighted by molar-refractivity contribution is 5.74. The quantitative estimate of drug-likeness (QED) is 0.586. The van der Waals surface area contributed by atoms with E-state index in [1.807, 2.05) is 0 Å². The molecule has 0 fully saturated rings. The van der Waals surface area contributed by atoms with Crippen molar-refractivity contribution >= 4 is 23.0 Å². The summed E-state index contributed by atoms with van der Waals surface area (Å²) in [4.78, 5) is 32.3. The molecule has 5 N–H and O–H groups in total. The summed E-state index contributed by atoms with van der Waals surface area (Å²) in [5, 5.41) is 0. The van der Waals surface area contributed by atoms with Gasteiger partial charge in [-0.3, -0.25) is 14.6 Å². The van der Waals surface area contributed by atoms with Crippen LogP contribution in [0.15, 0.2) is 11.1 Å². The van der Waals surface area contributed by atoms with Crippen molar-refractivity contribution in [2.24, 2.45) is 5.73 Å². The first kappa shape index (κ1) is 10.1. The van der Waals surface area contributed by atoms with E-state index >= 15 is 0 Å². The second-order valence-corrected chi connectivity index (χ2v) is 3.28. The first-order valence-electron chi connectivity index (χ1n) is 4.57. The van der Waals surface area contributed by atoms with Crippen LogP contribution in [0.1, 0.15) is 6.42 Å². The topological polar surface area (TPSA) is 133 Å². The number of carbonyl (C=O) groups is 1. The van der Waals surface area contributed by atoms with Crippen molar-refractivity contribution in [2.45, 2.75) is 13.0 Å². The number of nitrogens with zero attached hydrogens (tertiary/aromatic N) is 3. The molecule has 2 rings (SSSR count). The minimum absolute atomic E-state index is 0.0117. The van der Waals surface area contributed by atoms with E-state index in [4.69, 9.17) is 11.5 Å². The summed E-state index contributed by atoms with van der Waals surface area (Å²) in [6, 6.07) is 0. The van der Waals surface area contributed by atoms with Gasteiger partial charge in [-0.05, 0) is 0 Å². The van der Waals surface area contributed by atoms with Gasteiger partial charge >= 0.3 is 0 Å². The summed E-state index contributed by atoms with van der Waals surface area (Å²) in [6.45, 7) is 0.292. The molecule has 16 heavy (non-hydrogen) atoms. The third kappa shape index (κ3) is 1.72. The minimum atomic E-state index is -0.443. The van der Waals surface area contributed by atoms with Crippen molar-refractivity contribution in [3.05, 3.63) is 16.7 Å². The van der Waals surface area contributed by atoms with E-state index in [1.54, 1.807) is 0 Å². The monoisotopic (exact) mass is 222 g/mol. The third-order valence-electron chi connectivity index (χ3n) is 2.10. The molecular formula is C8H10N6O2. The molecule has 0 saturated heterocycles. The highest BCUT2D eigenvalue weighted by atomic mass is 16.1. The number of primary amides is 1. The van der Waals surface area contributed by atoms with Crippen molar-refractivity contribution in [3.8, 4) is 0 Å². The molecule has 0 atom stereocenters. The lowest BCUT2D eigenvalue weighted by atomic mass is 10.4. The van der Waals surface area contributed by atoms with Gasteiger partial charge in [0.25, 0.3) is 5.56 Å². The lowest BCUT2D eigenvalue weighted by Crippen LogP contribution is -2.17. The van der Waals surface area contributed by atoms with E-state index in [1.165, 1.54) is 10.9 Å². The number of aryl methyl sites for hydroxylation is 1. The molecule has 0 aliphatic heterocycles. The Morgan fingerprint density at radius 3 is 3.00 bits per heavy atom. The van der Waals surface area contributed by atoms with Crippen molar-refractivity contribution in [3.63, 3.8) is 0 Å². The fourth-order valence-electron chi connectivity index (χ4n) is 1.40. The number of H-pyrrole nitrogens is 1. The summed E-state index contributed by atoms with van der Waals surface area (Å²) in [7, 11) is 0. The van der Waals surface area contributed by atoms with Crippen LogP contribution in [-0.4, -0.2) is 25.4 Å². The van der Waals surface area contributed by atoms with Crippen LogP contribution < -0.4 is 17.0 Å². The highest BCUT2D eigenvalue weighted by Gasteiger charge is 2.09. The zero-order valence-electron chi connectivity index (χ0n) is 8.30. The Morgan fingerprint density at radius 1 is 1.56 bits per heavy atom. The zero-order valence-corrected chi connectivity index (χ0v) is 8.30. The predicted molar refractivity (Wildman–Crippen MR) is 56.4 cm³/mol. The van der Waals surface area contributed by atoms with E-state index in [9.17, 15) is 9.59 Å². The minimum Gasteiger partial charge on any atom is -0.370 e. The molecule has 1 amide bonds. The molecule has 2 aromatic heterocycles. The van der Waals surface area contributed by atoms with E-state index in [-0.39, 0.29) is 29.1 Å². The largest absolute Gasteiger partial charge is 0.370 e. The summed E-state index contributed by atoms with van der Waals surface area (Å²) in [5.74, 6) is -0.431. The van der Waals surface area contributed by atoms with Crippen LogP contribution in [0.5, 0.6) is 0 Å². The van der Waals surface area contributed by atoms with Crippen LogP contribution in [-0.2, 0) is 11.3 Å². The molecule has 0 saturated carbocycles. The predicted octanol–water partition coefficient (Wildman–Crippen LogP) is -1.42. The Kier molecular flexibility index (Phi) is 2.31. The molecule has 0 aromatic carbocycles. The first-order chi connectivity index (χ1) is 7.58. The Labute approximate surface area is 89.3 Å². The van der Waals surface area contributed by atoms with Crippen LogP contribution in [0.4, 0.5) is 5.95 Å². The fraction of sp³-hybridized carbons (Fsp3) is 0.250. The Morgan fingerprint density at radius 2 is 2.31 bits per heavy atom. The molecule has 8 heteroatoms.